The van der Waals surface area contributed by atoms with E-state index >= 15 is 0 Å². The molecule has 2 fully saturated rings. The molecular weight excluding hydrogens is 502 g/mol. The van der Waals surface area contributed by atoms with Gasteiger partial charge in [0.1, 0.15) is 23.4 Å². The number of epoxide rings is 1. The molecule has 2 aliphatic rings. The van der Waals surface area contributed by atoms with Crippen LogP contribution < -0.4 is 20.7 Å². The van der Waals surface area contributed by atoms with Gasteiger partial charge in [-0.25, -0.2) is 0 Å². The first-order chi connectivity index (χ1) is 18.3. The Bertz CT molecular complexity index is 1020. The van der Waals surface area contributed by atoms with Crippen LogP contribution in [0.25, 0.3) is 0 Å². The number of ether oxygens (including phenoxy) is 2. The van der Waals surface area contributed by atoms with Gasteiger partial charge in [0.05, 0.1) is 31.8 Å². The number of benzene rings is 1. The zero-order valence-corrected chi connectivity index (χ0v) is 23.7. The van der Waals surface area contributed by atoms with E-state index in [4.69, 9.17) is 9.47 Å². The van der Waals surface area contributed by atoms with E-state index in [2.05, 4.69) is 16.0 Å². The summed E-state index contributed by atoms with van der Waals surface area (Å²) in [4.78, 5) is 52.1. The molecule has 10 nitrogen and oxygen atoms in total. The van der Waals surface area contributed by atoms with Crippen molar-refractivity contribution in [3.63, 3.8) is 0 Å². The van der Waals surface area contributed by atoms with Crippen LogP contribution in [0, 0.1) is 5.92 Å². The zero-order valence-electron chi connectivity index (χ0n) is 23.7. The Labute approximate surface area is 230 Å². The number of amides is 3. The first-order valence-corrected chi connectivity index (χ1v) is 13.7. The maximum atomic E-state index is 13.6. The number of carbonyl (C=O) groups is 4. The number of hydrogen-bond donors (Lipinski definition) is 4. The van der Waals surface area contributed by atoms with Crippen LogP contribution in [0.5, 0.6) is 5.75 Å². The third-order valence-electron chi connectivity index (χ3n) is 7.37. The molecule has 216 valence electrons. The van der Waals surface area contributed by atoms with Gasteiger partial charge in [-0.15, -0.1) is 0 Å². The molecule has 4 N–H and O–H groups in total. The molecule has 4 atom stereocenters. The lowest BCUT2D eigenvalue weighted by Gasteiger charge is -2.27. The van der Waals surface area contributed by atoms with Crippen LogP contribution in [0.15, 0.2) is 24.3 Å². The lowest BCUT2D eigenvalue weighted by molar-refractivity contribution is -0.134. The van der Waals surface area contributed by atoms with Crippen molar-refractivity contribution < 1.29 is 33.8 Å². The number of hydrogen-bond acceptors (Lipinski definition) is 7. The summed E-state index contributed by atoms with van der Waals surface area (Å²) < 4.78 is 10.6. The molecule has 1 saturated heterocycles. The average molecular weight is 546 g/mol. The monoisotopic (exact) mass is 545 g/mol. The number of ketones is 1. The summed E-state index contributed by atoms with van der Waals surface area (Å²) in [6, 6.07) is 4.49. The molecule has 1 heterocycles. The first-order valence-electron chi connectivity index (χ1n) is 13.7. The second-order valence-corrected chi connectivity index (χ2v) is 11.7. The maximum absolute atomic E-state index is 13.6. The molecule has 0 unspecified atom stereocenters. The molecule has 3 amide bonds. The zero-order chi connectivity index (χ0) is 28.8. The van der Waals surface area contributed by atoms with Gasteiger partial charge < -0.3 is 30.5 Å². The number of nitrogens with one attached hydrogen (secondary N) is 3. The van der Waals surface area contributed by atoms with Crippen molar-refractivity contribution in [3.8, 4) is 5.75 Å². The molecule has 3 rings (SSSR count). The van der Waals surface area contributed by atoms with Crippen LogP contribution in [-0.2, 0) is 30.3 Å². The summed E-state index contributed by atoms with van der Waals surface area (Å²) in [5, 5.41) is 18.1. The Balaban J connectivity index is 1.75. The third-order valence-corrected chi connectivity index (χ3v) is 7.37. The molecule has 1 saturated carbocycles. The van der Waals surface area contributed by atoms with Gasteiger partial charge in [0.2, 0.25) is 17.7 Å². The Hall–Kier alpha value is -2.98. The highest BCUT2D eigenvalue weighted by atomic mass is 16.6. The van der Waals surface area contributed by atoms with Crippen molar-refractivity contribution >= 4 is 23.5 Å². The van der Waals surface area contributed by atoms with Gasteiger partial charge in [-0.1, -0.05) is 37.8 Å². The molecule has 39 heavy (non-hydrogen) atoms. The van der Waals surface area contributed by atoms with Crippen LogP contribution in [0.2, 0.25) is 0 Å². The van der Waals surface area contributed by atoms with E-state index in [1.807, 2.05) is 0 Å². The smallest absolute Gasteiger partial charge is 0.243 e. The Morgan fingerprint density at radius 2 is 1.64 bits per heavy atom. The highest BCUT2D eigenvalue weighted by Crippen LogP contribution is 2.33. The van der Waals surface area contributed by atoms with Crippen molar-refractivity contribution in [2.75, 3.05) is 13.7 Å². The van der Waals surface area contributed by atoms with Gasteiger partial charge in [0.25, 0.3) is 0 Å². The predicted octanol–water partition coefficient (Wildman–Crippen LogP) is 1.81. The van der Waals surface area contributed by atoms with E-state index < -0.39 is 47.0 Å². The molecule has 10 heteroatoms. The fraction of sp³-hybridized carbons (Fsp3) is 0.655. The van der Waals surface area contributed by atoms with Crippen LogP contribution in [0.4, 0.5) is 0 Å². The van der Waals surface area contributed by atoms with E-state index in [1.165, 1.54) is 20.8 Å². The standard InChI is InChI=1S/C29H43N3O7/c1-18(30-24(33)16-28(2,3)37)26(35)32-23(15-20-10-12-21(38-5)13-11-20)27(36)31-22(14-19-8-6-7-9-19)25(34)29(4)17-39-29/h10-13,18-19,22-23,37H,6-9,14-17H2,1-5H3,(H,30,33)(H,31,36)(H,32,35)/t18-,22-,23-,29-/m0/s1. The first kappa shape index (κ1) is 30.6. The average Bonchev–Trinajstić information content (AvgIpc) is 3.40. The highest BCUT2D eigenvalue weighted by Gasteiger charge is 2.50. The number of rotatable bonds is 14. The quantitative estimate of drug-likeness (QED) is 0.261. The normalized spacial score (nSPS) is 21.4. The van der Waals surface area contributed by atoms with Gasteiger partial charge in [-0.05, 0) is 57.7 Å². The Morgan fingerprint density at radius 1 is 1.05 bits per heavy atom. The second kappa shape index (κ2) is 12.9. The number of Topliss-reactive ketones (excluding diaryl/α,β-unsaturated/α-hetero) is 1. The number of methoxy groups -OCH3 is 1. The summed E-state index contributed by atoms with van der Waals surface area (Å²) in [6.07, 6.45) is 4.80. The van der Waals surface area contributed by atoms with E-state index in [9.17, 15) is 24.3 Å². The minimum atomic E-state index is -1.22. The molecule has 1 aliphatic heterocycles. The summed E-state index contributed by atoms with van der Waals surface area (Å²) in [7, 11) is 1.56. The van der Waals surface area contributed by atoms with Crippen LogP contribution in [0.1, 0.15) is 71.8 Å². The molecule has 0 bridgehead atoms. The second-order valence-electron chi connectivity index (χ2n) is 11.7. The summed E-state index contributed by atoms with van der Waals surface area (Å²) in [6.45, 7) is 6.58. The number of carbonyl (C=O) groups excluding carboxylic acids is 4. The molecule has 0 radical (unpaired) electrons. The van der Waals surface area contributed by atoms with Gasteiger partial charge in [0.15, 0.2) is 5.78 Å². The van der Waals surface area contributed by atoms with Crippen molar-refractivity contribution in [3.05, 3.63) is 29.8 Å². The minimum absolute atomic E-state index is 0.149. The summed E-state index contributed by atoms with van der Waals surface area (Å²) in [5.41, 5.74) is -1.32. The summed E-state index contributed by atoms with van der Waals surface area (Å²) >= 11 is 0. The maximum Gasteiger partial charge on any atom is 0.243 e. The van der Waals surface area contributed by atoms with Crippen LogP contribution >= 0.6 is 0 Å². The van der Waals surface area contributed by atoms with Crippen molar-refractivity contribution in [1.29, 1.82) is 0 Å². The predicted molar refractivity (Wildman–Crippen MR) is 145 cm³/mol. The van der Waals surface area contributed by atoms with Crippen molar-refractivity contribution in [1.82, 2.24) is 16.0 Å². The fourth-order valence-corrected chi connectivity index (χ4v) is 4.96. The minimum Gasteiger partial charge on any atom is -0.497 e. The number of aliphatic hydroxyl groups is 1. The fourth-order valence-electron chi connectivity index (χ4n) is 4.96. The Morgan fingerprint density at radius 3 is 2.18 bits per heavy atom. The largest absolute Gasteiger partial charge is 0.497 e. The molecule has 1 aromatic rings. The lowest BCUT2D eigenvalue weighted by atomic mass is 9.90. The topological polar surface area (TPSA) is 146 Å². The van der Waals surface area contributed by atoms with Gasteiger partial charge in [-0.3, -0.25) is 19.2 Å². The van der Waals surface area contributed by atoms with Crippen LogP contribution in [0.3, 0.4) is 0 Å². The molecule has 0 spiro atoms. The van der Waals surface area contributed by atoms with E-state index in [0.717, 1.165) is 31.2 Å². The molecule has 0 aromatic heterocycles. The van der Waals surface area contributed by atoms with Crippen molar-refractivity contribution in [2.45, 2.75) is 102 Å². The van der Waals surface area contributed by atoms with Crippen molar-refractivity contribution in [2.24, 2.45) is 5.92 Å². The van der Waals surface area contributed by atoms with E-state index in [0.29, 0.717) is 24.7 Å². The van der Waals surface area contributed by atoms with Gasteiger partial charge in [-0.2, -0.15) is 0 Å². The SMILES string of the molecule is COc1ccc(C[C@H](NC(=O)[C@H](C)NC(=O)CC(C)(C)O)C(=O)N[C@@H](CC2CCCC2)C(=O)[C@]2(C)CO2)cc1. The highest BCUT2D eigenvalue weighted by molar-refractivity contribution is 5.98. The molecular formula is C29H43N3O7. The Kier molecular flexibility index (Phi) is 10.1. The summed E-state index contributed by atoms with van der Waals surface area (Å²) in [5.74, 6) is -0.654. The lowest BCUT2D eigenvalue weighted by Crippen LogP contribution is -2.57. The van der Waals surface area contributed by atoms with E-state index in [-0.39, 0.29) is 18.6 Å². The van der Waals surface area contributed by atoms with Crippen LogP contribution in [-0.4, -0.2) is 71.7 Å². The molecule has 1 aliphatic carbocycles. The third kappa shape index (κ3) is 9.32. The van der Waals surface area contributed by atoms with Gasteiger partial charge in [0, 0.05) is 6.42 Å². The van der Waals surface area contributed by atoms with Gasteiger partial charge >= 0.3 is 0 Å². The van der Waals surface area contributed by atoms with E-state index in [1.54, 1.807) is 38.3 Å². The molecule has 1 aromatic carbocycles.